The molecule has 9 heteroatoms. The summed E-state index contributed by atoms with van der Waals surface area (Å²) in [6.45, 7) is 7.56. The van der Waals surface area contributed by atoms with Gasteiger partial charge in [0.25, 0.3) is 0 Å². The second kappa shape index (κ2) is 6.77. The first-order valence-corrected chi connectivity index (χ1v) is 9.98. The summed E-state index contributed by atoms with van der Waals surface area (Å²) in [5.41, 5.74) is -1.35. The van der Waals surface area contributed by atoms with Gasteiger partial charge in [-0.3, -0.25) is 0 Å². The highest BCUT2D eigenvalue weighted by Crippen LogP contribution is 2.30. The van der Waals surface area contributed by atoms with E-state index >= 15 is 0 Å². The molecule has 7 nitrogen and oxygen atoms in total. The number of carbonyl (C=O) groups is 1. The Morgan fingerprint density at radius 1 is 1.32 bits per heavy atom. The van der Waals surface area contributed by atoms with Crippen LogP contribution in [0.4, 0.5) is 4.79 Å². The zero-order chi connectivity index (χ0) is 19.0. The largest absolute Gasteiger partial charge is 0.495 e. The molecule has 0 aromatic heterocycles. The molecule has 0 aliphatic carbocycles. The number of methoxy groups -OCH3 is 1. The zero-order valence-corrected chi connectivity index (χ0v) is 17.3. The average Bonchev–Trinajstić information content (AvgIpc) is 2.42. The summed E-state index contributed by atoms with van der Waals surface area (Å²) in [5.74, 6) is 0.252. The number of likely N-dealkylation sites (tertiary alicyclic amines) is 1. The molecule has 0 unspecified atom stereocenters. The highest BCUT2D eigenvalue weighted by molar-refractivity contribution is 9.10. The van der Waals surface area contributed by atoms with Gasteiger partial charge in [-0.25, -0.2) is 17.9 Å². The lowest BCUT2D eigenvalue weighted by Gasteiger charge is -2.47. The Balaban J connectivity index is 2.10. The van der Waals surface area contributed by atoms with Crippen LogP contribution < -0.4 is 9.46 Å². The Labute approximate surface area is 156 Å². The van der Waals surface area contributed by atoms with Crippen molar-refractivity contribution < 1.29 is 22.7 Å². The van der Waals surface area contributed by atoms with E-state index < -0.39 is 27.3 Å². The van der Waals surface area contributed by atoms with Crippen molar-refractivity contribution in [3.63, 3.8) is 0 Å². The molecule has 140 valence electrons. The van der Waals surface area contributed by atoms with Crippen LogP contribution in [0.15, 0.2) is 27.6 Å². The summed E-state index contributed by atoms with van der Waals surface area (Å²) < 4.78 is 39.2. The minimum atomic E-state index is -3.81. The van der Waals surface area contributed by atoms with Gasteiger partial charge >= 0.3 is 6.09 Å². The van der Waals surface area contributed by atoms with Gasteiger partial charge in [0.05, 0.1) is 12.6 Å². The van der Waals surface area contributed by atoms with Crippen molar-refractivity contribution in [1.82, 2.24) is 9.62 Å². The number of sulfonamides is 1. The van der Waals surface area contributed by atoms with Gasteiger partial charge in [0, 0.05) is 17.6 Å². The lowest BCUT2D eigenvalue weighted by atomic mass is 9.94. The van der Waals surface area contributed by atoms with Gasteiger partial charge in [-0.1, -0.05) is 15.9 Å². The van der Waals surface area contributed by atoms with E-state index in [1.54, 1.807) is 39.8 Å². The summed E-state index contributed by atoms with van der Waals surface area (Å²) in [5, 5.41) is 0. The summed E-state index contributed by atoms with van der Waals surface area (Å²) in [6.07, 6.45) is -0.454. The molecule has 25 heavy (non-hydrogen) atoms. The number of rotatable bonds is 4. The van der Waals surface area contributed by atoms with Crippen LogP contribution >= 0.6 is 15.9 Å². The maximum atomic E-state index is 12.7. The van der Waals surface area contributed by atoms with Crippen LogP contribution in [0.25, 0.3) is 0 Å². The molecule has 1 amide bonds. The fourth-order valence-electron chi connectivity index (χ4n) is 2.56. The van der Waals surface area contributed by atoms with E-state index in [4.69, 9.17) is 9.47 Å². The van der Waals surface area contributed by atoms with Gasteiger partial charge in [-0.2, -0.15) is 0 Å². The van der Waals surface area contributed by atoms with E-state index in [1.165, 1.54) is 18.1 Å². The zero-order valence-electron chi connectivity index (χ0n) is 14.9. The molecule has 1 saturated heterocycles. The lowest BCUT2D eigenvalue weighted by molar-refractivity contribution is -0.00777. The van der Waals surface area contributed by atoms with Gasteiger partial charge in [0.15, 0.2) is 0 Å². The van der Waals surface area contributed by atoms with Crippen molar-refractivity contribution in [2.45, 2.75) is 43.7 Å². The van der Waals surface area contributed by atoms with Crippen LogP contribution in [-0.4, -0.2) is 50.8 Å². The van der Waals surface area contributed by atoms with Gasteiger partial charge < -0.3 is 14.4 Å². The number of benzene rings is 1. The Hall–Kier alpha value is -1.32. The molecule has 1 aromatic carbocycles. The number of hydrogen-bond donors (Lipinski definition) is 1. The Bertz CT molecular complexity index is 767. The number of hydrogen-bond acceptors (Lipinski definition) is 5. The molecule has 1 aliphatic rings. The Morgan fingerprint density at radius 2 is 1.92 bits per heavy atom. The molecule has 1 aliphatic heterocycles. The van der Waals surface area contributed by atoms with E-state index in [9.17, 15) is 13.2 Å². The first-order valence-electron chi connectivity index (χ1n) is 7.71. The minimum Gasteiger partial charge on any atom is -0.495 e. The van der Waals surface area contributed by atoms with Crippen molar-refractivity contribution in [2.75, 3.05) is 20.2 Å². The first-order chi connectivity index (χ1) is 11.4. The predicted octanol–water partition coefficient (Wildman–Crippen LogP) is 2.75. The smallest absolute Gasteiger partial charge is 0.410 e. The molecular formula is C16H23BrN2O5S. The van der Waals surface area contributed by atoms with Crippen LogP contribution in [0.2, 0.25) is 0 Å². The second-order valence-electron chi connectivity index (χ2n) is 7.30. The van der Waals surface area contributed by atoms with E-state index in [0.29, 0.717) is 4.47 Å². The fourth-order valence-corrected chi connectivity index (χ4v) is 4.66. The van der Waals surface area contributed by atoms with Gasteiger partial charge in [0.1, 0.15) is 16.2 Å². The van der Waals surface area contributed by atoms with Crippen molar-refractivity contribution in [2.24, 2.45) is 0 Å². The van der Waals surface area contributed by atoms with Gasteiger partial charge in [-0.15, -0.1) is 0 Å². The highest BCUT2D eigenvalue weighted by Gasteiger charge is 2.46. The van der Waals surface area contributed by atoms with E-state index in [1.807, 2.05) is 0 Å². The van der Waals surface area contributed by atoms with E-state index in [2.05, 4.69) is 20.7 Å². The third-order valence-electron chi connectivity index (χ3n) is 3.53. The van der Waals surface area contributed by atoms with Crippen molar-refractivity contribution in [3.05, 3.63) is 22.7 Å². The average molecular weight is 435 g/mol. The first kappa shape index (κ1) is 20.0. The van der Waals surface area contributed by atoms with Crippen LogP contribution in [0.5, 0.6) is 5.75 Å². The molecule has 2 rings (SSSR count). The molecule has 0 radical (unpaired) electrons. The normalized spacial score (nSPS) is 17.0. The maximum absolute atomic E-state index is 12.7. The molecule has 0 saturated carbocycles. The van der Waals surface area contributed by atoms with Crippen molar-refractivity contribution in [1.29, 1.82) is 0 Å². The topological polar surface area (TPSA) is 84.9 Å². The number of nitrogens with one attached hydrogen (secondary N) is 1. The monoisotopic (exact) mass is 434 g/mol. The fraction of sp³-hybridized carbons (Fsp3) is 0.562. The Kier molecular flexibility index (Phi) is 5.42. The molecule has 1 aromatic rings. The second-order valence-corrected chi connectivity index (χ2v) is 9.86. The summed E-state index contributed by atoms with van der Waals surface area (Å²) in [4.78, 5) is 13.5. The number of carbonyl (C=O) groups excluding carboxylic acids is 1. The predicted molar refractivity (Wildman–Crippen MR) is 97.2 cm³/mol. The SMILES string of the molecule is COc1ccc(Br)cc1S(=O)(=O)NC1(C)CN(C(=O)OC(C)(C)C)C1. The lowest BCUT2D eigenvalue weighted by Crippen LogP contribution is -2.69. The van der Waals surface area contributed by atoms with Gasteiger partial charge in [-0.05, 0) is 45.9 Å². The summed E-state index contributed by atoms with van der Waals surface area (Å²) >= 11 is 3.27. The number of nitrogens with zero attached hydrogens (tertiary/aromatic N) is 1. The molecule has 1 fully saturated rings. The molecule has 0 bridgehead atoms. The van der Waals surface area contributed by atoms with Crippen LogP contribution in [0.3, 0.4) is 0 Å². The molecule has 0 spiro atoms. The van der Waals surface area contributed by atoms with Crippen LogP contribution in [-0.2, 0) is 14.8 Å². The van der Waals surface area contributed by atoms with Crippen LogP contribution in [0.1, 0.15) is 27.7 Å². The maximum Gasteiger partial charge on any atom is 0.410 e. The quantitative estimate of drug-likeness (QED) is 0.786. The molecule has 0 atom stereocenters. The summed E-state index contributed by atoms with van der Waals surface area (Å²) in [6, 6.07) is 4.76. The number of halogens is 1. The molecule has 1 heterocycles. The molecule has 1 N–H and O–H groups in total. The number of ether oxygens (including phenoxy) is 2. The highest BCUT2D eigenvalue weighted by atomic mass is 79.9. The third-order valence-corrected chi connectivity index (χ3v) is 5.68. The minimum absolute atomic E-state index is 0.0429. The Morgan fingerprint density at radius 3 is 2.44 bits per heavy atom. The van der Waals surface area contributed by atoms with E-state index in [0.717, 1.165) is 0 Å². The molecular weight excluding hydrogens is 412 g/mol. The van der Waals surface area contributed by atoms with Crippen molar-refractivity contribution >= 4 is 32.0 Å². The van der Waals surface area contributed by atoms with Gasteiger partial charge in [0.2, 0.25) is 10.0 Å². The third kappa shape index (κ3) is 4.86. The van der Waals surface area contributed by atoms with Crippen molar-refractivity contribution in [3.8, 4) is 5.75 Å². The number of amides is 1. The van der Waals surface area contributed by atoms with Crippen LogP contribution in [0, 0.1) is 0 Å². The standard InChI is InChI=1S/C16H23BrN2O5S/c1-15(2,3)24-14(20)19-9-16(4,10-19)18-25(21,22)13-8-11(17)6-7-12(13)23-5/h6-8,18H,9-10H2,1-5H3. The summed E-state index contributed by atoms with van der Waals surface area (Å²) in [7, 11) is -2.40. The van der Waals surface area contributed by atoms with E-state index in [-0.39, 0.29) is 23.7 Å².